The molecule has 0 fully saturated rings. The lowest BCUT2D eigenvalue weighted by Gasteiger charge is -2.16. The van der Waals surface area contributed by atoms with Gasteiger partial charge in [0.2, 0.25) is 0 Å². The molecule has 0 saturated heterocycles. The van der Waals surface area contributed by atoms with Crippen LogP contribution in [0.3, 0.4) is 0 Å². The third-order valence-corrected chi connectivity index (χ3v) is 4.25. The summed E-state index contributed by atoms with van der Waals surface area (Å²) in [4.78, 5) is 28.7. The lowest BCUT2D eigenvalue weighted by atomic mass is 10.2. The number of nitrogens with zero attached hydrogens (tertiary/aromatic N) is 4. The summed E-state index contributed by atoms with van der Waals surface area (Å²) < 4.78 is 13.0. The lowest BCUT2D eigenvalue weighted by Crippen LogP contribution is -2.20. The molecule has 2 aromatic carbocycles. The minimum absolute atomic E-state index is 0.0856. The van der Waals surface area contributed by atoms with Crippen molar-refractivity contribution >= 4 is 17.5 Å². The van der Waals surface area contributed by atoms with Crippen molar-refractivity contribution in [3.8, 4) is 17.2 Å². The number of aryl methyl sites for hydroxylation is 1. The van der Waals surface area contributed by atoms with E-state index >= 15 is 0 Å². The number of anilines is 1. The first-order valence-electron chi connectivity index (χ1n) is 9.47. The molecule has 0 spiro atoms. The number of carbonyl (C=O) groups excluding carboxylic acids is 1. The second-order valence-corrected chi connectivity index (χ2v) is 7.02. The molecule has 0 unspecified atom stereocenters. The van der Waals surface area contributed by atoms with Crippen molar-refractivity contribution in [3.05, 3.63) is 70.8 Å². The third-order valence-electron chi connectivity index (χ3n) is 4.25. The van der Waals surface area contributed by atoms with Crippen LogP contribution in [0.1, 0.15) is 5.69 Å². The van der Waals surface area contributed by atoms with Gasteiger partial charge in [-0.05, 0) is 45.3 Å². The molecule has 0 saturated carbocycles. The number of benzene rings is 2. The quantitative estimate of drug-likeness (QED) is 0.433. The first-order valence-corrected chi connectivity index (χ1v) is 9.47. The van der Waals surface area contributed by atoms with Gasteiger partial charge in [-0.25, -0.2) is 9.78 Å². The van der Waals surface area contributed by atoms with Gasteiger partial charge < -0.3 is 18.9 Å². The van der Waals surface area contributed by atoms with Gasteiger partial charge in [-0.3, -0.25) is 15.4 Å². The highest BCUT2D eigenvalue weighted by Crippen LogP contribution is 2.27. The Hall–Kier alpha value is -3.92. The van der Waals surface area contributed by atoms with Crippen LogP contribution in [0.25, 0.3) is 5.69 Å². The number of imidazole rings is 1. The largest absolute Gasteiger partial charge is 0.490 e. The molecule has 0 atom stereocenters. The molecule has 3 aromatic rings. The molecule has 31 heavy (non-hydrogen) atoms. The number of ether oxygens (including phenoxy) is 2. The molecule has 0 aliphatic carbocycles. The molecular formula is C21H23N5O5. The van der Waals surface area contributed by atoms with Crippen LogP contribution in [0.15, 0.2) is 55.0 Å². The summed E-state index contributed by atoms with van der Waals surface area (Å²) in [5, 5.41) is 13.4. The minimum Gasteiger partial charge on any atom is -0.490 e. The van der Waals surface area contributed by atoms with Crippen LogP contribution >= 0.6 is 0 Å². The number of aromatic nitrogens is 2. The van der Waals surface area contributed by atoms with Crippen molar-refractivity contribution in [1.29, 1.82) is 0 Å². The van der Waals surface area contributed by atoms with E-state index in [1.807, 2.05) is 42.7 Å². The van der Waals surface area contributed by atoms with Crippen molar-refractivity contribution in [2.24, 2.45) is 0 Å². The number of nitrogens with one attached hydrogen (secondary N) is 1. The Morgan fingerprint density at radius 1 is 1.23 bits per heavy atom. The van der Waals surface area contributed by atoms with Gasteiger partial charge in [-0.2, -0.15) is 0 Å². The summed E-state index contributed by atoms with van der Waals surface area (Å²) in [5.41, 5.74) is 2.05. The van der Waals surface area contributed by atoms with Crippen molar-refractivity contribution in [2.75, 3.05) is 32.6 Å². The average Bonchev–Trinajstić information content (AvgIpc) is 3.14. The van der Waals surface area contributed by atoms with E-state index in [0.29, 0.717) is 18.0 Å². The summed E-state index contributed by atoms with van der Waals surface area (Å²) >= 11 is 0. The Balaban J connectivity index is 1.74. The maximum atomic E-state index is 12.2. The number of hydrogen-bond acceptors (Lipinski definition) is 7. The molecule has 162 valence electrons. The van der Waals surface area contributed by atoms with Crippen LogP contribution in [0.5, 0.6) is 11.5 Å². The van der Waals surface area contributed by atoms with Gasteiger partial charge in [0.05, 0.1) is 22.6 Å². The number of hydrogen-bond donors (Lipinski definition) is 1. The molecule has 10 heteroatoms. The zero-order chi connectivity index (χ0) is 22.4. The number of nitro benzene ring substituents is 1. The maximum Gasteiger partial charge on any atom is 0.417 e. The van der Waals surface area contributed by atoms with Gasteiger partial charge in [-0.1, -0.05) is 0 Å². The molecule has 0 radical (unpaired) electrons. The van der Waals surface area contributed by atoms with Crippen LogP contribution in [0, 0.1) is 17.0 Å². The van der Waals surface area contributed by atoms with Gasteiger partial charge in [0, 0.05) is 36.6 Å². The molecular weight excluding hydrogens is 402 g/mol. The predicted molar refractivity (Wildman–Crippen MR) is 115 cm³/mol. The van der Waals surface area contributed by atoms with Gasteiger partial charge in [0.25, 0.3) is 5.69 Å². The molecule has 0 aliphatic rings. The molecule has 1 heterocycles. The zero-order valence-electron chi connectivity index (χ0n) is 17.4. The van der Waals surface area contributed by atoms with E-state index in [1.54, 1.807) is 18.5 Å². The molecule has 0 bridgehead atoms. The van der Waals surface area contributed by atoms with Crippen LogP contribution < -0.4 is 14.8 Å². The number of carbonyl (C=O) groups is 1. The fourth-order valence-corrected chi connectivity index (χ4v) is 2.70. The van der Waals surface area contributed by atoms with E-state index in [1.165, 1.54) is 24.3 Å². The van der Waals surface area contributed by atoms with Crippen molar-refractivity contribution in [3.63, 3.8) is 0 Å². The number of nitro groups is 1. The highest BCUT2D eigenvalue weighted by Gasteiger charge is 2.12. The zero-order valence-corrected chi connectivity index (χ0v) is 17.4. The molecule has 10 nitrogen and oxygen atoms in total. The Morgan fingerprint density at radius 2 is 1.97 bits per heavy atom. The number of amides is 1. The first-order chi connectivity index (χ1) is 14.8. The highest BCUT2D eigenvalue weighted by molar-refractivity contribution is 5.87. The topological polar surface area (TPSA) is 112 Å². The van der Waals surface area contributed by atoms with E-state index in [4.69, 9.17) is 9.47 Å². The van der Waals surface area contributed by atoms with E-state index in [9.17, 15) is 14.9 Å². The Morgan fingerprint density at radius 3 is 2.58 bits per heavy atom. The van der Waals surface area contributed by atoms with E-state index < -0.39 is 11.0 Å². The third kappa shape index (κ3) is 6.03. The standard InChI is InChI=1S/C21H23N5O5/c1-15-13-25(14-22-15)19-9-4-16(12-20(19)30-11-10-24(2)3)23-21(27)31-18-7-5-17(6-8-18)26(28)29/h4-9,12-14H,10-11H2,1-3H3,(H,23,27). The predicted octanol–water partition coefficient (Wildman–Crippen LogP) is 3.64. The highest BCUT2D eigenvalue weighted by atomic mass is 16.6. The summed E-state index contributed by atoms with van der Waals surface area (Å²) in [5.74, 6) is 0.767. The van der Waals surface area contributed by atoms with Gasteiger partial charge in [0.15, 0.2) is 0 Å². The van der Waals surface area contributed by atoms with Crippen LogP contribution in [-0.2, 0) is 0 Å². The SMILES string of the molecule is Cc1cn(-c2ccc(NC(=O)Oc3ccc([N+](=O)[O-])cc3)cc2OCCN(C)C)cn1. The molecule has 1 aromatic heterocycles. The Labute approximate surface area is 179 Å². The number of likely N-dealkylation sites (N-methyl/N-ethyl adjacent to an activating group) is 1. The Bertz CT molecular complexity index is 1060. The van der Waals surface area contributed by atoms with Crippen LogP contribution in [0.2, 0.25) is 0 Å². The number of non-ortho nitro benzene ring substituents is 1. The van der Waals surface area contributed by atoms with Crippen molar-refractivity contribution in [2.45, 2.75) is 6.92 Å². The second kappa shape index (κ2) is 9.72. The van der Waals surface area contributed by atoms with E-state index in [2.05, 4.69) is 10.3 Å². The Kier molecular flexibility index (Phi) is 6.83. The van der Waals surface area contributed by atoms with Crippen molar-refractivity contribution < 1.29 is 19.2 Å². The van der Waals surface area contributed by atoms with E-state index in [-0.39, 0.29) is 11.4 Å². The second-order valence-electron chi connectivity index (χ2n) is 7.02. The molecule has 0 aliphatic heterocycles. The average molecular weight is 425 g/mol. The van der Waals surface area contributed by atoms with Crippen LogP contribution in [0.4, 0.5) is 16.2 Å². The van der Waals surface area contributed by atoms with E-state index in [0.717, 1.165) is 17.9 Å². The minimum atomic E-state index is -0.723. The molecule has 1 amide bonds. The lowest BCUT2D eigenvalue weighted by molar-refractivity contribution is -0.384. The summed E-state index contributed by atoms with van der Waals surface area (Å²) in [7, 11) is 3.91. The summed E-state index contributed by atoms with van der Waals surface area (Å²) in [6, 6.07) is 10.5. The maximum absolute atomic E-state index is 12.2. The number of rotatable bonds is 8. The van der Waals surface area contributed by atoms with Gasteiger partial charge in [0.1, 0.15) is 18.1 Å². The van der Waals surface area contributed by atoms with Crippen molar-refractivity contribution in [1.82, 2.24) is 14.5 Å². The fourth-order valence-electron chi connectivity index (χ4n) is 2.70. The van der Waals surface area contributed by atoms with Gasteiger partial charge in [-0.15, -0.1) is 0 Å². The summed E-state index contributed by atoms with van der Waals surface area (Å²) in [6.45, 7) is 3.08. The molecule has 3 rings (SSSR count). The molecule has 1 N–H and O–H groups in total. The van der Waals surface area contributed by atoms with Gasteiger partial charge >= 0.3 is 6.09 Å². The first kappa shape index (κ1) is 21.8. The monoisotopic (exact) mass is 425 g/mol. The normalized spacial score (nSPS) is 10.7. The fraction of sp³-hybridized carbons (Fsp3) is 0.238. The smallest absolute Gasteiger partial charge is 0.417 e. The van der Waals surface area contributed by atoms with Crippen LogP contribution in [-0.4, -0.2) is 52.7 Å². The summed E-state index contributed by atoms with van der Waals surface area (Å²) in [6.07, 6.45) is 2.85.